The summed E-state index contributed by atoms with van der Waals surface area (Å²) in [5.41, 5.74) is 9.41. The van der Waals surface area contributed by atoms with Gasteiger partial charge in [-0.1, -0.05) is 84.9 Å². The van der Waals surface area contributed by atoms with Crippen molar-refractivity contribution in [1.29, 1.82) is 0 Å². The summed E-state index contributed by atoms with van der Waals surface area (Å²) in [6.07, 6.45) is 3.70. The molecule has 0 saturated carbocycles. The largest absolute Gasteiger partial charge is 0.294 e. The molecule has 0 aliphatic rings. The summed E-state index contributed by atoms with van der Waals surface area (Å²) in [6.45, 7) is 0. The third-order valence-corrected chi connectivity index (χ3v) is 8.65. The van der Waals surface area contributed by atoms with Gasteiger partial charge in [0.15, 0.2) is 0 Å². The molecule has 4 nitrogen and oxygen atoms in total. The van der Waals surface area contributed by atoms with Gasteiger partial charge in [0.1, 0.15) is 11.6 Å². The maximum Gasteiger partial charge on any atom is 0.137 e. The summed E-state index contributed by atoms with van der Waals surface area (Å²) in [4.78, 5) is 9.30. The Hall–Kier alpha value is -6.00. The van der Waals surface area contributed by atoms with Crippen LogP contribution in [0.1, 0.15) is 0 Å². The zero-order valence-corrected chi connectivity index (χ0v) is 23.8. The Bertz CT molecular complexity index is 2290. The molecule has 5 aromatic carbocycles. The first-order valence-electron chi connectivity index (χ1n) is 14.8. The molecular weight excluding hydrogens is 536 g/mol. The summed E-state index contributed by atoms with van der Waals surface area (Å²) >= 11 is 0. The summed E-state index contributed by atoms with van der Waals surface area (Å²) in [7, 11) is 0. The van der Waals surface area contributed by atoms with Crippen molar-refractivity contribution < 1.29 is 0 Å². The zero-order valence-electron chi connectivity index (χ0n) is 23.8. The molecule has 0 aliphatic carbocycles. The number of aromatic nitrogens is 4. The van der Waals surface area contributed by atoms with E-state index < -0.39 is 0 Å². The highest BCUT2D eigenvalue weighted by molar-refractivity contribution is 6.11. The molecule has 0 unspecified atom stereocenters. The number of hydrogen-bond donors (Lipinski definition) is 0. The molecule has 0 spiro atoms. The molecule has 0 aliphatic heterocycles. The van der Waals surface area contributed by atoms with E-state index in [1.807, 2.05) is 36.7 Å². The van der Waals surface area contributed by atoms with E-state index in [4.69, 9.17) is 0 Å². The summed E-state index contributed by atoms with van der Waals surface area (Å²) in [6, 6.07) is 51.7. The van der Waals surface area contributed by atoms with Gasteiger partial charge in [0.05, 0.1) is 22.1 Å². The molecule has 206 valence electrons. The SMILES string of the molecule is c1ccc(-n2c3ccccc3c3cc(-c4ccc(-c5ccc6c(c5)c5ccccc5n6-c5ccccn5)cc4)ccc32)nc1. The van der Waals surface area contributed by atoms with Crippen LogP contribution in [0.4, 0.5) is 0 Å². The normalized spacial score (nSPS) is 11.6. The van der Waals surface area contributed by atoms with E-state index in [1.54, 1.807) is 0 Å². The minimum atomic E-state index is 0.927. The first kappa shape index (κ1) is 24.6. The Morgan fingerprint density at radius 3 is 1.14 bits per heavy atom. The van der Waals surface area contributed by atoms with Crippen LogP contribution >= 0.6 is 0 Å². The van der Waals surface area contributed by atoms with E-state index in [2.05, 4.69) is 140 Å². The van der Waals surface area contributed by atoms with E-state index >= 15 is 0 Å². The van der Waals surface area contributed by atoms with Gasteiger partial charge in [0, 0.05) is 33.9 Å². The monoisotopic (exact) mass is 562 g/mol. The van der Waals surface area contributed by atoms with Crippen molar-refractivity contribution in [2.75, 3.05) is 0 Å². The van der Waals surface area contributed by atoms with Crippen LogP contribution in [0.2, 0.25) is 0 Å². The molecule has 0 fully saturated rings. The zero-order chi connectivity index (χ0) is 29.0. The average Bonchev–Trinajstić information content (AvgIpc) is 3.61. The molecular formula is C40H26N4. The highest BCUT2D eigenvalue weighted by atomic mass is 15.1. The fourth-order valence-corrected chi connectivity index (χ4v) is 6.63. The second-order valence-corrected chi connectivity index (χ2v) is 11.1. The van der Waals surface area contributed by atoms with Crippen LogP contribution in [0.5, 0.6) is 0 Å². The second kappa shape index (κ2) is 9.79. The van der Waals surface area contributed by atoms with Crippen molar-refractivity contribution in [1.82, 2.24) is 19.1 Å². The third-order valence-electron chi connectivity index (χ3n) is 8.65. The third kappa shape index (κ3) is 3.78. The maximum atomic E-state index is 4.65. The molecule has 0 saturated heterocycles. The molecule has 0 bridgehead atoms. The lowest BCUT2D eigenvalue weighted by atomic mass is 9.98. The van der Waals surface area contributed by atoms with Crippen LogP contribution in [0.3, 0.4) is 0 Å². The van der Waals surface area contributed by atoms with Crippen molar-refractivity contribution in [2.45, 2.75) is 0 Å². The van der Waals surface area contributed by atoms with Gasteiger partial charge in [-0.2, -0.15) is 0 Å². The van der Waals surface area contributed by atoms with E-state index in [0.29, 0.717) is 0 Å². The van der Waals surface area contributed by atoms with Gasteiger partial charge in [0.2, 0.25) is 0 Å². The molecule has 4 heterocycles. The standard InChI is InChI=1S/C40H26N4/c1-3-11-35-31(9-1)33-25-29(19-21-37(33)43(35)39-13-5-7-23-41-39)27-15-17-28(18-16-27)30-20-22-38-34(26-30)32-10-2-4-12-36(32)44(38)40-14-6-8-24-42-40/h1-26H. The predicted octanol–water partition coefficient (Wildman–Crippen LogP) is 10.0. The van der Waals surface area contributed by atoms with Gasteiger partial charge in [-0.3, -0.25) is 9.13 Å². The predicted molar refractivity (Wildman–Crippen MR) is 182 cm³/mol. The van der Waals surface area contributed by atoms with Crippen LogP contribution < -0.4 is 0 Å². The Labute approximate surface area is 254 Å². The molecule has 0 atom stereocenters. The molecule has 0 radical (unpaired) electrons. The second-order valence-electron chi connectivity index (χ2n) is 11.1. The number of hydrogen-bond acceptors (Lipinski definition) is 2. The Kier molecular flexibility index (Phi) is 5.47. The van der Waals surface area contributed by atoms with Crippen LogP contribution in [0.25, 0.3) is 77.5 Å². The Morgan fingerprint density at radius 2 is 0.705 bits per heavy atom. The summed E-state index contributed by atoms with van der Waals surface area (Å²) in [5.74, 6) is 1.85. The first-order chi connectivity index (χ1) is 21.8. The quantitative estimate of drug-likeness (QED) is 0.214. The van der Waals surface area contributed by atoms with Crippen molar-refractivity contribution >= 4 is 43.6 Å². The summed E-state index contributed by atoms with van der Waals surface area (Å²) < 4.78 is 4.50. The lowest BCUT2D eigenvalue weighted by molar-refractivity contribution is 1.08. The van der Waals surface area contributed by atoms with Crippen molar-refractivity contribution in [3.05, 3.63) is 158 Å². The number of rotatable bonds is 4. The van der Waals surface area contributed by atoms with Gasteiger partial charge in [-0.25, -0.2) is 9.97 Å². The summed E-state index contributed by atoms with van der Waals surface area (Å²) in [5, 5.41) is 4.90. The van der Waals surface area contributed by atoms with Crippen LogP contribution in [-0.4, -0.2) is 19.1 Å². The fourth-order valence-electron chi connectivity index (χ4n) is 6.63. The molecule has 44 heavy (non-hydrogen) atoms. The molecule has 0 N–H and O–H groups in total. The molecule has 9 aromatic rings. The van der Waals surface area contributed by atoms with Crippen LogP contribution in [0.15, 0.2) is 158 Å². The average molecular weight is 563 g/mol. The van der Waals surface area contributed by atoms with Gasteiger partial charge in [-0.05, 0) is 82.9 Å². The topological polar surface area (TPSA) is 35.6 Å². The van der Waals surface area contributed by atoms with Crippen LogP contribution in [0, 0.1) is 0 Å². The smallest absolute Gasteiger partial charge is 0.137 e. The van der Waals surface area contributed by atoms with Crippen molar-refractivity contribution in [3.8, 4) is 33.9 Å². The number of fused-ring (bicyclic) bond motifs is 6. The first-order valence-corrected chi connectivity index (χ1v) is 14.8. The van der Waals surface area contributed by atoms with E-state index in [9.17, 15) is 0 Å². The highest BCUT2D eigenvalue weighted by Gasteiger charge is 2.15. The van der Waals surface area contributed by atoms with Gasteiger partial charge >= 0.3 is 0 Å². The molecule has 4 aromatic heterocycles. The molecule has 4 heteroatoms. The fraction of sp³-hybridized carbons (Fsp3) is 0. The van der Waals surface area contributed by atoms with Gasteiger partial charge in [0.25, 0.3) is 0 Å². The van der Waals surface area contributed by atoms with Crippen molar-refractivity contribution in [3.63, 3.8) is 0 Å². The van der Waals surface area contributed by atoms with Gasteiger partial charge in [-0.15, -0.1) is 0 Å². The number of benzene rings is 5. The number of nitrogens with zero attached hydrogens (tertiary/aromatic N) is 4. The lowest BCUT2D eigenvalue weighted by Gasteiger charge is -2.09. The van der Waals surface area contributed by atoms with Gasteiger partial charge < -0.3 is 0 Å². The highest BCUT2D eigenvalue weighted by Crippen LogP contribution is 2.37. The number of para-hydroxylation sites is 2. The Balaban J connectivity index is 1.13. The molecule has 0 amide bonds. The molecule has 9 rings (SSSR count). The lowest BCUT2D eigenvalue weighted by Crippen LogP contribution is -1.96. The minimum absolute atomic E-state index is 0.927. The van der Waals surface area contributed by atoms with Crippen LogP contribution in [-0.2, 0) is 0 Å². The number of pyridine rings is 2. The minimum Gasteiger partial charge on any atom is -0.294 e. The Morgan fingerprint density at radius 1 is 0.318 bits per heavy atom. The van der Waals surface area contributed by atoms with Crippen molar-refractivity contribution in [2.24, 2.45) is 0 Å². The maximum absolute atomic E-state index is 4.65. The van der Waals surface area contributed by atoms with E-state index in [0.717, 1.165) is 33.7 Å². The van der Waals surface area contributed by atoms with E-state index in [-0.39, 0.29) is 0 Å². The van der Waals surface area contributed by atoms with E-state index in [1.165, 1.54) is 43.8 Å².